The zero-order chi connectivity index (χ0) is 12.6. The van der Waals surface area contributed by atoms with Gasteiger partial charge in [-0.15, -0.1) is 0 Å². The minimum atomic E-state index is -0.859. The monoisotopic (exact) mass is 258 g/mol. The summed E-state index contributed by atoms with van der Waals surface area (Å²) >= 11 is 0. The van der Waals surface area contributed by atoms with E-state index in [0.29, 0.717) is 0 Å². The summed E-state index contributed by atoms with van der Waals surface area (Å²) in [6, 6.07) is 0. The fourth-order valence-corrected chi connectivity index (χ4v) is 9.58. The first-order valence-corrected chi connectivity index (χ1v) is 11.1. The van der Waals surface area contributed by atoms with Crippen LogP contribution in [0.3, 0.4) is 0 Å². The van der Waals surface area contributed by atoms with Crippen molar-refractivity contribution >= 4 is 7.26 Å². The zero-order valence-electron chi connectivity index (χ0n) is 12.6. The molecule has 104 valence electrons. The Morgan fingerprint density at radius 1 is 0.765 bits per heavy atom. The summed E-state index contributed by atoms with van der Waals surface area (Å²) in [5.74, 6) is 1.17. The van der Waals surface area contributed by atoms with Crippen LogP contribution in [0.5, 0.6) is 0 Å². The molecule has 0 nitrogen and oxygen atoms in total. The van der Waals surface area contributed by atoms with Crippen LogP contribution in [0.4, 0.5) is 0 Å². The summed E-state index contributed by atoms with van der Waals surface area (Å²) in [5.41, 5.74) is 0. The molecule has 17 heavy (non-hydrogen) atoms. The van der Waals surface area contributed by atoms with E-state index in [-0.39, 0.29) is 0 Å². The van der Waals surface area contributed by atoms with Crippen LogP contribution in [-0.4, -0.2) is 24.6 Å². The van der Waals surface area contributed by atoms with Crippen molar-refractivity contribution in [2.45, 2.75) is 72.1 Å². The van der Waals surface area contributed by atoms with Crippen molar-refractivity contribution in [1.82, 2.24) is 0 Å². The maximum atomic E-state index is 2.37. The third-order valence-electron chi connectivity index (χ3n) is 4.60. The molecule has 1 fully saturated rings. The molecule has 1 heteroatoms. The third kappa shape index (κ3) is 6.23. The van der Waals surface area contributed by atoms with E-state index in [9.17, 15) is 0 Å². The topological polar surface area (TPSA) is 0 Å². The SMILES string of the molecule is CCCC[PH](CCCC)(CCCC)CC1CC1. The molecule has 0 spiro atoms. The Bertz CT molecular complexity index is 162. The van der Waals surface area contributed by atoms with Crippen LogP contribution in [0, 0.1) is 5.92 Å². The summed E-state index contributed by atoms with van der Waals surface area (Å²) in [6.45, 7) is 7.11. The number of unbranched alkanes of at least 4 members (excludes halogenated alkanes) is 3. The van der Waals surface area contributed by atoms with E-state index < -0.39 is 7.26 Å². The molecule has 0 aromatic rings. The van der Waals surface area contributed by atoms with E-state index in [1.165, 1.54) is 44.4 Å². The summed E-state index contributed by atoms with van der Waals surface area (Å²) < 4.78 is 0. The normalized spacial score (nSPS) is 17.4. The van der Waals surface area contributed by atoms with Crippen LogP contribution in [-0.2, 0) is 0 Å². The second-order valence-corrected chi connectivity index (χ2v) is 11.4. The molecule has 1 aliphatic rings. The molecular weight excluding hydrogens is 223 g/mol. The van der Waals surface area contributed by atoms with E-state index in [1.807, 2.05) is 0 Å². The second kappa shape index (κ2) is 8.52. The standard InChI is InChI=1S/C16H35P/c1-4-7-12-17(13-8-5-2,14-9-6-3)15-16-10-11-16/h16-17H,4-15H2,1-3H3. The molecule has 0 aromatic carbocycles. The van der Waals surface area contributed by atoms with E-state index in [4.69, 9.17) is 0 Å². The van der Waals surface area contributed by atoms with Crippen molar-refractivity contribution in [3.05, 3.63) is 0 Å². The maximum absolute atomic E-state index is 2.37. The van der Waals surface area contributed by atoms with Gasteiger partial charge in [0, 0.05) is 0 Å². The van der Waals surface area contributed by atoms with Crippen molar-refractivity contribution in [3.63, 3.8) is 0 Å². The van der Waals surface area contributed by atoms with Gasteiger partial charge in [-0.1, -0.05) is 0 Å². The van der Waals surface area contributed by atoms with Gasteiger partial charge in [0.15, 0.2) is 0 Å². The Balaban J connectivity index is 2.51. The van der Waals surface area contributed by atoms with Gasteiger partial charge in [0.1, 0.15) is 0 Å². The summed E-state index contributed by atoms with van der Waals surface area (Å²) in [7, 11) is -0.859. The molecule has 0 aromatic heterocycles. The quantitative estimate of drug-likeness (QED) is 0.426. The zero-order valence-corrected chi connectivity index (χ0v) is 13.6. The van der Waals surface area contributed by atoms with Gasteiger partial charge in [-0.2, -0.15) is 0 Å². The number of hydrogen-bond acceptors (Lipinski definition) is 0. The second-order valence-electron chi connectivity index (χ2n) is 6.46. The van der Waals surface area contributed by atoms with Crippen molar-refractivity contribution in [1.29, 1.82) is 0 Å². The molecule has 0 radical (unpaired) electrons. The van der Waals surface area contributed by atoms with Crippen molar-refractivity contribution in [2.75, 3.05) is 24.6 Å². The number of rotatable bonds is 11. The molecule has 0 bridgehead atoms. The van der Waals surface area contributed by atoms with Gasteiger partial charge in [0.2, 0.25) is 0 Å². The van der Waals surface area contributed by atoms with Gasteiger partial charge in [0.05, 0.1) is 0 Å². The first-order chi connectivity index (χ1) is 8.26. The average molecular weight is 258 g/mol. The molecular formula is C16H35P. The van der Waals surface area contributed by atoms with Gasteiger partial charge in [-0.3, -0.25) is 0 Å². The van der Waals surface area contributed by atoms with E-state index in [1.54, 1.807) is 37.5 Å². The summed E-state index contributed by atoms with van der Waals surface area (Å²) in [5, 5.41) is 0. The molecule has 0 aliphatic heterocycles. The fraction of sp³-hybridized carbons (Fsp3) is 1.00. The molecule has 0 N–H and O–H groups in total. The first-order valence-electron chi connectivity index (χ1n) is 8.26. The average Bonchev–Trinajstić information content (AvgIpc) is 3.15. The Kier molecular flexibility index (Phi) is 7.76. The minimum absolute atomic E-state index is 0.859. The summed E-state index contributed by atoms with van der Waals surface area (Å²) in [4.78, 5) is 0. The van der Waals surface area contributed by atoms with Crippen molar-refractivity contribution in [3.8, 4) is 0 Å². The van der Waals surface area contributed by atoms with Gasteiger partial charge in [0.25, 0.3) is 0 Å². The Morgan fingerprint density at radius 2 is 1.18 bits per heavy atom. The van der Waals surface area contributed by atoms with E-state index in [0.717, 1.165) is 0 Å². The van der Waals surface area contributed by atoms with Crippen LogP contribution in [0.2, 0.25) is 0 Å². The van der Waals surface area contributed by atoms with Crippen LogP contribution < -0.4 is 0 Å². The molecule has 0 unspecified atom stereocenters. The predicted octanol–water partition coefficient (Wildman–Crippen LogP) is 5.55. The molecule has 0 atom stereocenters. The third-order valence-corrected chi connectivity index (χ3v) is 10.3. The Labute approximate surface area is 110 Å². The van der Waals surface area contributed by atoms with Crippen LogP contribution in [0.1, 0.15) is 72.1 Å². The van der Waals surface area contributed by atoms with E-state index >= 15 is 0 Å². The van der Waals surface area contributed by atoms with Gasteiger partial charge < -0.3 is 0 Å². The first kappa shape index (κ1) is 15.5. The molecule has 1 rings (SSSR count). The molecule has 1 aliphatic carbocycles. The molecule has 1 saturated carbocycles. The fourth-order valence-electron chi connectivity index (χ4n) is 3.27. The predicted molar refractivity (Wildman–Crippen MR) is 85.2 cm³/mol. The van der Waals surface area contributed by atoms with Crippen molar-refractivity contribution in [2.24, 2.45) is 5.92 Å². The van der Waals surface area contributed by atoms with E-state index in [2.05, 4.69) is 20.8 Å². The number of hydrogen-bond donors (Lipinski definition) is 0. The van der Waals surface area contributed by atoms with Crippen LogP contribution in [0.15, 0.2) is 0 Å². The molecule has 0 heterocycles. The molecule has 0 amide bonds. The molecule has 0 saturated heterocycles. The van der Waals surface area contributed by atoms with Crippen molar-refractivity contribution < 1.29 is 0 Å². The van der Waals surface area contributed by atoms with Crippen LogP contribution in [0.25, 0.3) is 0 Å². The Hall–Kier alpha value is 0.430. The van der Waals surface area contributed by atoms with Crippen LogP contribution >= 0.6 is 7.26 Å². The van der Waals surface area contributed by atoms with Gasteiger partial charge >= 0.3 is 110 Å². The summed E-state index contributed by atoms with van der Waals surface area (Å²) in [6.07, 6.45) is 18.6. The van der Waals surface area contributed by atoms with Gasteiger partial charge in [-0.25, -0.2) is 0 Å². The Morgan fingerprint density at radius 3 is 1.47 bits per heavy atom. The van der Waals surface area contributed by atoms with Gasteiger partial charge in [-0.05, 0) is 0 Å².